The molecule has 3 rings (SSSR count). The molecule has 2 heterocycles. The quantitative estimate of drug-likeness (QED) is 0.772. The number of amides is 1. The molecule has 1 atom stereocenters. The van der Waals surface area contributed by atoms with Gasteiger partial charge >= 0.3 is 0 Å². The molecule has 1 amide bonds. The van der Waals surface area contributed by atoms with E-state index in [1.165, 1.54) is 15.6 Å². The first-order valence-electron chi connectivity index (χ1n) is 7.37. The zero-order valence-corrected chi connectivity index (χ0v) is 13.8. The Morgan fingerprint density at radius 3 is 2.82 bits per heavy atom. The summed E-state index contributed by atoms with van der Waals surface area (Å²) >= 11 is 1.75. The summed E-state index contributed by atoms with van der Waals surface area (Å²) in [5.74, 6) is 1.36. The maximum atomic E-state index is 12.3. The van der Waals surface area contributed by atoms with Crippen molar-refractivity contribution in [2.24, 2.45) is 0 Å². The van der Waals surface area contributed by atoms with E-state index in [1.807, 2.05) is 20.8 Å². The van der Waals surface area contributed by atoms with E-state index in [0.717, 1.165) is 12.2 Å². The van der Waals surface area contributed by atoms with Crippen molar-refractivity contribution in [1.82, 2.24) is 5.32 Å². The summed E-state index contributed by atoms with van der Waals surface area (Å²) in [6.07, 6.45) is 0.825. The number of hydrogen-bond acceptors (Lipinski definition) is 3. The van der Waals surface area contributed by atoms with Crippen LogP contribution in [0.3, 0.4) is 0 Å². The van der Waals surface area contributed by atoms with E-state index in [4.69, 9.17) is 4.42 Å². The molecule has 22 heavy (non-hydrogen) atoms. The Morgan fingerprint density at radius 2 is 2.09 bits per heavy atom. The molecule has 3 aromatic rings. The molecule has 0 unspecified atom stereocenters. The summed E-state index contributed by atoms with van der Waals surface area (Å²) in [7, 11) is 0. The lowest BCUT2D eigenvalue weighted by Gasteiger charge is -2.13. The number of fused-ring (bicyclic) bond motifs is 1. The van der Waals surface area contributed by atoms with Crippen molar-refractivity contribution >= 4 is 27.3 Å². The number of rotatable bonds is 4. The molecule has 3 nitrogen and oxygen atoms in total. The molecule has 0 fully saturated rings. The van der Waals surface area contributed by atoms with Gasteiger partial charge in [0.05, 0.1) is 5.56 Å². The van der Waals surface area contributed by atoms with Gasteiger partial charge in [0.15, 0.2) is 0 Å². The van der Waals surface area contributed by atoms with Crippen molar-refractivity contribution < 1.29 is 9.21 Å². The Balaban J connectivity index is 1.71. The molecule has 0 saturated carbocycles. The minimum absolute atomic E-state index is 0.0682. The number of nitrogens with one attached hydrogen (secondary N) is 1. The van der Waals surface area contributed by atoms with Crippen LogP contribution in [0.4, 0.5) is 0 Å². The van der Waals surface area contributed by atoms with Gasteiger partial charge in [0.25, 0.3) is 5.91 Å². The summed E-state index contributed by atoms with van der Waals surface area (Å²) in [5.41, 5.74) is 1.91. The average molecular weight is 313 g/mol. The van der Waals surface area contributed by atoms with Gasteiger partial charge in [0.1, 0.15) is 11.5 Å². The van der Waals surface area contributed by atoms with E-state index < -0.39 is 0 Å². The topological polar surface area (TPSA) is 42.2 Å². The maximum Gasteiger partial charge on any atom is 0.255 e. The van der Waals surface area contributed by atoms with E-state index in [-0.39, 0.29) is 11.9 Å². The minimum atomic E-state index is -0.0682. The van der Waals surface area contributed by atoms with Crippen molar-refractivity contribution in [3.63, 3.8) is 0 Å². The van der Waals surface area contributed by atoms with Crippen molar-refractivity contribution in [3.05, 3.63) is 58.4 Å². The summed E-state index contributed by atoms with van der Waals surface area (Å²) in [6.45, 7) is 5.70. The number of benzene rings is 1. The molecular weight excluding hydrogens is 294 g/mol. The third-order valence-electron chi connectivity index (χ3n) is 3.75. The molecule has 0 radical (unpaired) electrons. The molecule has 1 aromatic carbocycles. The SMILES string of the molecule is Cc1cc(C(=O)N[C@H](C)Cc2csc3ccccc23)c(C)o1. The Bertz CT molecular complexity index is 815. The smallest absolute Gasteiger partial charge is 0.255 e. The molecule has 114 valence electrons. The number of carbonyl (C=O) groups excluding carboxylic acids is 1. The molecule has 2 aromatic heterocycles. The average Bonchev–Trinajstić information content (AvgIpc) is 3.02. The molecule has 0 aliphatic rings. The van der Waals surface area contributed by atoms with Gasteiger partial charge in [0, 0.05) is 10.7 Å². The molecule has 4 heteroatoms. The number of hydrogen-bond donors (Lipinski definition) is 1. The van der Waals surface area contributed by atoms with Crippen molar-refractivity contribution in [3.8, 4) is 0 Å². The third-order valence-corrected chi connectivity index (χ3v) is 4.76. The summed E-state index contributed by atoms with van der Waals surface area (Å²) in [6, 6.07) is 10.2. The van der Waals surface area contributed by atoms with Crippen LogP contribution in [0.1, 0.15) is 34.4 Å². The summed E-state index contributed by atoms with van der Waals surface area (Å²) < 4.78 is 6.71. The lowest BCUT2D eigenvalue weighted by atomic mass is 10.1. The van der Waals surface area contributed by atoms with E-state index in [1.54, 1.807) is 17.4 Å². The first-order valence-corrected chi connectivity index (χ1v) is 8.25. The van der Waals surface area contributed by atoms with Gasteiger partial charge in [-0.05, 0) is 55.7 Å². The molecule has 0 aliphatic carbocycles. The highest BCUT2D eigenvalue weighted by molar-refractivity contribution is 7.17. The zero-order valence-electron chi connectivity index (χ0n) is 13.0. The van der Waals surface area contributed by atoms with Crippen LogP contribution in [-0.2, 0) is 6.42 Å². The van der Waals surface area contributed by atoms with Crippen LogP contribution in [0, 0.1) is 13.8 Å². The van der Waals surface area contributed by atoms with Gasteiger partial charge in [-0.2, -0.15) is 0 Å². The second-order valence-corrected chi connectivity index (χ2v) is 6.57. The predicted molar refractivity (Wildman–Crippen MR) is 90.6 cm³/mol. The number of aryl methyl sites for hydroxylation is 2. The van der Waals surface area contributed by atoms with E-state index in [9.17, 15) is 4.79 Å². The van der Waals surface area contributed by atoms with Crippen LogP contribution in [0.25, 0.3) is 10.1 Å². The van der Waals surface area contributed by atoms with E-state index in [0.29, 0.717) is 11.3 Å². The lowest BCUT2D eigenvalue weighted by Crippen LogP contribution is -2.34. The van der Waals surface area contributed by atoms with Crippen molar-refractivity contribution in [2.45, 2.75) is 33.2 Å². The maximum absolute atomic E-state index is 12.3. The second kappa shape index (κ2) is 5.97. The highest BCUT2D eigenvalue weighted by atomic mass is 32.1. The van der Waals surface area contributed by atoms with Gasteiger partial charge in [0.2, 0.25) is 0 Å². The fraction of sp³-hybridized carbons (Fsp3) is 0.278. The standard InChI is InChI=1S/C18H19NO2S/c1-11(19-18(20)16-9-12(2)21-13(16)3)8-14-10-22-17-7-5-4-6-15(14)17/h4-7,9-11H,8H2,1-3H3,(H,19,20)/t11-/m1/s1. The Kier molecular flexibility index (Phi) is 4.03. The molecular formula is C18H19NO2S. The van der Waals surface area contributed by atoms with Gasteiger partial charge in [-0.1, -0.05) is 18.2 Å². The first kappa shape index (κ1) is 14.9. The van der Waals surface area contributed by atoms with Gasteiger partial charge in [-0.25, -0.2) is 0 Å². The van der Waals surface area contributed by atoms with Crippen LogP contribution in [0.2, 0.25) is 0 Å². The Hall–Kier alpha value is -2.07. The minimum Gasteiger partial charge on any atom is -0.466 e. The van der Waals surface area contributed by atoms with Gasteiger partial charge in [-0.15, -0.1) is 11.3 Å². The van der Waals surface area contributed by atoms with Gasteiger partial charge < -0.3 is 9.73 Å². The summed E-state index contributed by atoms with van der Waals surface area (Å²) in [5, 5.41) is 6.52. The first-order chi connectivity index (χ1) is 10.5. The molecule has 1 N–H and O–H groups in total. The predicted octanol–water partition coefficient (Wildman–Crippen LogP) is 4.47. The number of thiophene rings is 1. The number of carbonyl (C=O) groups is 1. The van der Waals surface area contributed by atoms with Gasteiger partial charge in [-0.3, -0.25) is 4.79 Å². The summed E-state index contributed by atoms with van der Waals surface area (Å²) in [4.78, 5) is 12.3. The van der Waals surface area contributed by atoms with Crippen LogP contribution >= 0.6 is 11.3 Å². The third kappa shape index (κ3) is 2.92. The van der Waals surface area contributed by atoms with Crippen molar-refractivity contribution in [2.75, 3.05) is 0 Å². The number of furan rings is 1. The normalized spacial score (nSPS) is 12.5. The van der Waals surface area contributed by atoms with Crippen LogP contribution < -0.4 is 5.32 Å². The highest BCUT2D eigenvalue weighted by Crippen LogP contribution is 2.26. The monoisotopic (exact) mass is 313 g/mol. The molecule has 0 aliphatic heterocycles. The van der Waals surface area contributed by atoms with E-state index >= 15 is 0 Å². The van der Waals surface area contributed by atoms with Crippen LogP contribution in [0.15, 0.2) is 40.1 Å². The van der Waals surface area contributed by atoms with Crippen molar-refractivity contribution in [1.29, 1.82) is 0 Å². The largest absolute Gasteiger partial charge is 0.466 e. The van der Waals surface area contributed by atoms with E-state index in [2.05, 4.69) is 35.0 Å². The zero-order chi connectivity index (χ0) is 15.7. The fourth-order valence-electron chi connectivity index (χ4n) is 2.73. The van der Waals surface area contributed by atoms with Crippen LogP contribution in [0.5, 0.6) is 0 Å². The lowest BCUT2D eigenvalue weighted by molar-refractivity contribution is 0.0938. The highest BCUT2D eigenvalue weighted by Gasteiger charge is 2.16. The molecule has 0 spiro atoms. The Morgan fingerprint density at radius 1 is 1.32 bits per heavy atom. The van der Waals surface area contributed by atoms with Crippen LogP contribution in [-0.4, -0.2) is 11.9 Å². The molecule has 0 saturated heterocycles. The second-order valence-electron chi connectivity index (χ2n) is 5.66. The fourth-order valence-corrected chi connectivity index (χ4v) is 3.71. The Labute approximate surface area is 134 Å². The molecule has 0 bridgehead atoms.